The van der Waals surface area contributed by atoms with Crippen molar-refractivity contribution in [3.63, 3.8) is 0 Å². The van der Waals surface area contributed by atoms with Gasteiger partial charge in [0.15, 0.2) is 8.32 Å². The molecule has 1 atom stereocenters. The molecule has 1 nitrogen and oxygen atoms in total. The first kappa shape index (κ1) is 15.8. The van der Waals surface area contributed by atoms with Crippen LogP contribution < -0.4 is 0 Å². The van der Waals surface area contributed by atoms with Gasteiger partial charge in [0, 0.05) is 6.42 Å². The average Bonchev–Trinajstić information content (AvgIpc) is 3.06. The van der Waals surface area contributed by atoms with Gasteiger partial charge in [-0.25, -0.2) is 0 Å². The molecule has 0 aliphatic heterocycles. The third kappa shape index (κ3) is 5.16. The van der Waals surface area contributed by atoms with Crippen molar-refractivity contribution in [1.82, 2.24) is 0 Å². The van der Waals surface area contributed by atoms with E-state index in [1.165, 1.54) is 44.9 Å². The summed E-state index contributed by atoms with van der Waals surface area (Å²) < 4.78 is 6.57. The Bertz CT molecular complexity index is 282. The van der Waals surface area contributed by atoms with Gasteiger partial charge in [-0.1, -0.05) is 32.6 Å². The fourth-order valence-corrected chi connectivity index (χ4v) is 4.41. The molecular weight excluding hydrogens is 236 g/mol. The first-order chi connectivity index (χ1) is 8.43. The minimum Gasteiger partial charge on any atom is -0.411 e. The zero-order valence-electron chi connectivity index (χ0n) is 12.7. The van der Waals surface area contributed by atoms with Crippen molar-refractivity contribution >= 4 is 8.32 Å². The van der Waals surface area contributed by atoms with Crippen molar-refractivity contribution in [1.29, 1.82) is 0 Å². The zero-order chi connectivity index (χ0) is 13.6. The Hall–Kier alpha value is -0.263. The van der Waals surface area contributed by atoms with Gasteiger partial charge in [-0.05, 0) is 44.8 Å². The van der Waals surface area contributed by atoms with Crippen LogP contribution in [0.3, 0.4) is 0 Å². The molecule has 18 heavy (non-hydrogen) atoms. The van der Waals surface area contributed by atoms with E-state index in [2.05, 4.69) is 32.5 Å². The summed E-state index contributed by atoms with van der Waals surface area (Å²) >= 11 is 0. The first-order valence-corrected chi connectivity index (χ1v) is 11.0. The Kier molecular flexibility index (Phi) is 5.94. The number of rotatable bonds is 9. The van der Waals surface area contributed by atoms with Crippen LogP contribution in [0, 0.1) is 18.3 Å². The summed E-state index contributed by atoms with van der Waals surface area (Å²) in [6.45, 7) is 9.11. The van der Waals surface area contributed by atoms with E-state index in [-0.39, 0.29) is 5.60 Å². The van der Waals surface area contributed by atoms with E-state index in [4.69, 9.17) is 10.8 Å². The van der Waals surface area contributed by atoms with Crippen molar-refractivity contribution in [2.45, 2.75) is 83.5 Å². The van der Waals surface area contributed by atoms with E-state index in [0.717, 1.165) is 12.3 Å². The number of hydrogen-bond acceptors (Lipinski definition) is 1. The minimum absolute atomic E-state index is 0.0208. The minimum atomic E-state index is -1.52. The Balaban J connectivity index is 2.62. The van der Waals surface area contributed by atoms with Crippen molar-refractivity contribution in [3.05, 3.63) is 0 Å². The van der Waals surface area contributed by atoms with Crippen molar-refractivity contribution < 1.29 is 4.43 Å². The lowest BCUT2D eigenvalue weighted by molar-refractivity contribution is 0.0307. The maximum atomic E-state index is 6.57. The first-order valence-electron chi connectivity index (χ1n) is 7.57. The van der Waals surface area contributed by atoms with E-state index < -0.39 is 8.32 Å². The molecule has 1 aliphatic rings. The monoisotopic (exact) mass is 266 g/mol. The standard InChI is InChI=1S/C16H30OSi/c1-6-8-9-10-14-16(13-7-2,15-11-12-15)17-18(3,4)5/h2,15H,6,8-14H2,1,3-5H3. The SMILES string of the molecule is C#CCC(CCCCCC)(O[Si](C)(C)C)C1CC1. The smallest absolute Gasteiger partial charge is 0.184 e. The van der Waals surface area contributed by atoms with Gasteiger partial charge >= 0.3 is 0 Å². The predicted molar refractivity (Wildman–Crippen MR) is 82.1 cm³/mol. The van der Waals surface area contributed by atoms with Crippen LogP contribution in [-0.4, -0.2) is 13.9 Å². The molecule has 1 saturated carbocycles. The fraction of sp³-hybridized carbons (Fsp3) is 0.875. The number of unbranched alkanes of at least 4 members (excludes halogenated alkanes) is 3. The van der Waals surface area contributed by atoms with Crippen LogP contribution in [0.4, 0.5) is 0 Å². The molecule has 0 bridgehead atoms. The Labute approximate surface area is 115 Å². The molecule has 1 aliphatic carbocycles. The maximum absolute atomic E-state index is 6.57. The highest BCUT2D eigenvalue weighted by Gasteiger charge is 2.47. The normalized spacial score (nSPS) is 19.3. The van der Waals surface area contributed by atoms with Crippen molar-refractivity contribution in [2.75, 3.05) is 0 Å². The molecule has 2 heteroatoms. The van der Waals surface area contributed by atoms with Gasteiger partial charge in [0.1, 0.15) is 0 Å². The molecule has 0 aromatic carbocycles. The second kappa shape index (κ2) is 6.77. The molecule has 0 radical (unpaired) electrons. The van der Waals surface area contributed by atoms with E-state index in [1.54, 1.807) is 0 Å². The lowest BCUT2D eigenvalue weighted by Crippen LogP contribution is -2.44. The summed E-state index contributed by atoms with van der Waals surface area (Å²) in [5.41, 5.74) is 0.0208. The maximum Gasteiger partial charge on any atom is 0.184 e. The lowest BCUT2D eigenvalue weighted by Gasteiger charge is -2.39. The summed E-state index contributed by atoms with van der Waals surface area (Å²) in [7, 11) is -1.52. The number of terminal acetylenes is 1. The molecule has 0 N–H and O–H groups in total. The Morgan fingerprint density at radius 3 is 2.33 bits per heavy atom. The van der Waals surface area contributed by atoms with Crippen LogP contribution in [0.25, 0.3) is 0 Å². The Morgan fingerprint density at radius 2 is 1.89 bits per heavy atom. The highest BCUT2D eigenvalue weighted by molar-refractivity contribution is 6.69. The van der Waals surface area contributed by atoms with Gasteiger partial charge in [-0.2, -0.15) is 0 Å². The van der Waals surface area contributed by atoms with Crippen LogP contribution in [0.5, 0.6) is 0 Å². The highest BCUT2D eigenvalue weighted by atomic mass is 28.4. The van der Waals surface area contributed by atoms with Gasteiger partial charge in [0.2, 0.25) is 0 Å². The van der Waals surface area contributed by atoms with E-state index in [1.807, 2.05) is 0 Å². The molecule has 0 amide bonds. The summed E-state index contributed by atoms with van der Waals surface area (Å²) in [5, 5.41) is 0. The largest absolute Gasteiger partial charge is 0.411 e. The van der Waals surface area contributed by atoms with Gasteiger partial charge in [0.25, 0.3) is 0 Å². The van der Waals surface area contributed by atoms with Gasteiger partial charge in [-0.15, -0.1) is 12.3 Å². The van der Waals surface area contributed by atoms with Crippen molar-refractivity contribution in [2.24, 2.45) is 5.92 Å². The third-order valence-electron chi connectivity index (χ3n) is 3.69. The summed E-state index contributed by atoms with van der Waals surface area (Å²) in [4.78, 5) is 0. The molecule has 1 rings (SSSR count). The second-order valence-corrected chi connectivity index (χ2v) is 11.2. The van der Waals surface area contributed by atoms with E-state index in [9.17, 15) is 0 Å². The predicted octanol–water partition coefficient (Wildman–Crippen LogP) is 4.98. The third-order valence-corrected chi connectivity index (χ3v) is 4.70. The van der Waals surface area contributed by atoms with Gasteiger partial charge < -0.3 is 4.43 Å². The molecule has 1 unspecified atom stereocenters. The molecule has 0 aromatic heterocycles. The van der Waals surface area contributed by atoms with Crippen molar-refractivity contribution in [3.8, 4) is 12.3 Å². The molecule has 104 valence electrons. The summed E-state index contributed by atoms with van der Waals surface area (Å²) in [6.07, 6.45) is 15.5. The average molecular weight is 267 g/mol. The Morgan fingerprint density at radius 1 is 1.22 bits per heavy atom. The summed E-state index contributed by atoms with van der Waals surface area (Å²) in [5.74, 6) is 3.63. The van der Waals surface area contributed by atoms with Crippen LogP contribution in [0.1, 0.15) is 58.3 Å². The molecular formula is C16H30OSi. The lowest BCUT2D eigenvalue weighted by atomic mass is 9.88. The second-order valence-electron chi connectivity index (χ2n) is 6.75. The summed E-state index contributed by atoms with van der Waals surface area (Å²) in [6, 6.07) is 0. The molecule has 0 saturated heterocycles. The zero-order valence-corrected chi connectivity index (χ0v) is 13.7. The van der Waals surface area contributed by atoms with Crippen LogP contribution >= 0.6 is 0 Å². The quantitative estimate of drug-likeness (QED) is 0.325. The molecule has 0 heterocycles. The molecule has 1 fully saturated rings. The van der Waals surface area contributed by atoms with Gasteiger partial charge in [0.05, 0.1) is 5.60 Å². The highest BCUT2D eigenvalue weighted by Crippen LogP contribution is 2.48. The topological polar surface area (TPSA) is 9.23 Å². The van der Waals surface area contributed by atoms with E-state index >= 15 is 0 Å². The van der Waals surface area contributed by atoms with Crippen LogP contribution in [0.2, 0.25) is 19.6 Å². The fourth-order valence-electron chi connectivity index (χ4n) is 2.85. The molecule has 0 aromatic rings. The van der Waals surface area contributed by atoms with Gasteiger partial charge in [-0.3, -0.25) is 0 Å². The van der Waals surface area contributed by atoms with E-state index in [0.29, 0.717) is 0 Å². The number of hydrogen-bond donors (Lipinski definition) is 0. The van der Waals surface area contributed by atoms with Crippen LogP contribution in [-0.2, 0) is 4.43 Å². The van der Waals surface area contributed by atoms with Crippen LogP contribution in [0.15, 0.2) is 0 Å². The molecule has 0 spiro atoms.